The minimum absolute atomic E-state index is 0.0111. The maximum atomic E-state index is 12.5. The average molecular weight is 437 g/mol. The van der Waals surface area contributed by atoms with E-state index in [2.05, 4.69) is 9.97 Å². The third-order valence-electron chi connectivity index (χ3n) is 4.43. The van der Waals surface area contributed by atoms with Gasteiger partial charge in [-0.3, -0.25) is 4.79 Å². The molecule has 0 spiro atoms. The highest BCUT2D eigenvalue weighted by atomic mass is 32.2. The number of H-pyrrole nitrogens is 1. The first-order valence-corrected chi connectivity index (χ1v) is 10.8. The van der Waals surface area contributed by atoms with Crippen LogP contribution in [0.5, 0.6) is 5.75 Å². The fourth-order valence-corrected chi connectivity index (χ4v) is 4.53. The van der Waals surface area contributed by atoms with Crippen molar-refractivity contribution in [1.82, 2.24) is 9.97 Å². The Kier molecular flexibility index (Phi) is 5.48. The van der Waals surface area contributed by atoms with E-state index < -0.39 is 22.1 Å². The first-order chi connectivity index (χ1) is 13.5. The van der Waals surface area contributed by atoms with Gasteiger partial charge in [0.15, 0.2) is 11.9 Å². The van der Waals surface area contributed by atoms with Crippen molar-refractivity contribution in [3.63, 3.8) is 0 Å². The number of rotatable bonds is 5. The van der Waals surface area contributed by atoms with Gasteiger partial charge in [0.1, 0.15) is 15.5 Å². The van der Waals surface area contributed by atoms with Crippen molar-refractivity contribution in [1.29, 1.82) is 0 Å². The molecule has 3 aromatic rings. The lowest BCUT2D eigenvalue weighted by molar-refractivity contribution is 0.0319. The molecule has 0 bridgehead atoms. The number of hydrogen-bond acceptors (Lipinski definition) is 8. The van der Waals surface area contributed by atoms with Crippen molar-refractivity contribution in [2.45, 2.75) is 31.8 Å². The van der Waals surface area contributed by atoms with Gasteiger partial charge in [0, 0.05) is 4.88 Å². The summed E-state index contributed by atoms with van der Waals surface area (Å²) in [5.74, 6) is -0.597. The Morgan fingerprint density at radius 3 is 2.62 bits per heavy atom. The molecule has 0 fully saturated rings. The highest BCUT2D eigenvalue weighted by molar-refractivity contribution is 7.89. The van der Waals surface area contributed by atoms with E-state index in [1.807, 2.05) is 13.8 Å². The molecule has 1 atom stereocenters. The molecule has 3 N–H and O–H groups in total. The number of nitrogens with one attached hydrogen (secondary N) is 1. The fraction of sp³-hybridized carbons (Fsp3) is 0.278. The fourth-order valence-electron chi connectivity index (χ4n) is 2.77. The third kappa shape index (κ3) is 4.02. The van der Waals surface area contributed by atoms with Crippen LogP contribution in [0.2, 0.25) is 0 Å². The van der Waals surface area contributed by atoms with Gasteiger partial charge >= 0.3 is 5.97 Å². The lowest BCUT2D eigenvalue weighted by Crippen LogP contribution is -2.18. The second-order valence-electron chi connectivity index (χ2n) is 6.37. The number of benzene rings is 1. The number of nitrogens with two attached hydrogens (primary N) is 1. The van der Waals surface area contributed by atoms with Gasteiger partial charge in [-0.2, -0.15) is 0 Å². The third-order valence-corrected chi connectivity index (χ3v) is 6.47. The Labute approximate surface area is 170 Å². The topological polar surface area (TPSA) is 141 Å². The van der Waals surface area contributed by atoms with Crippen LogP contribution in [0.4, 0.5) is 0 Å². The van der Waals surface area contributed by atoms with Crippen LogP contribution in [-0.2, 0) is 14.8 Å². The molecule has 2 heterocycles. The van der Waals surface area contributed by atoms with Crippen molar-refractivity contribution in [3.05, 3.63) is 50.4 Å². The van der Waals surface area contributed by atoms with Crippen molar-refractivity contribution in [3.8, 4) is 5.75 Å². The normalized spacial score (nSPS) is 12.7. The zero-order valence-electron chi connectivity index (χ0n) is 16.1. The van der Waals surface area contributed by atoms with Crippen molar-refractivity contribution < 1.29 is 22.7 Å². The Morgan fingerprint density at radius 1 is 1.31 bits per heavy atom. The molecule has 11 heteroatoms. The van der Waals surface area contributed by atoms with E-state index in [0.717, 1.165) is 16.5 Å². The predicted molar refractivity (Wildman–Crippen MR) is 108 cm³/mol. The SMILES string of the molecule is COc1ccc(C(=O)OC(C)c2nc3sc(C)c(C)c3c(=O)[nH]2)cc1S(N)(=O)=O. The summed E-state index contributed by atoms with van der Waals surface area (Å²) in [5, 5.41) is 5.69. The van der Waals surface area contributed by atoms with Crippen molar-refractivity contribution in [2.75, 3.05) is 7.11 Å². The molecular formula is C18H19N3O6S2. The molecule has 0 amide bonds. The van der Waals surface area contributed by atoms with Gasteiger partial charge in [0.25, 0.3) is 5.56 Å². The summed E-state index contributed by atoms with van der Waals surface area (Å²) in [6.07, 6.45) is -0.873. The average Bonchev–Trinajstić information content (AvgIpc) is 2.94. The van der Waals surface area contributed by atoms with Gasteiger partial charge in [-0.1, -0.05) is 0 Å². The number of aryl methyl sites for hydroxylation is 2. The minimum Gasteiger partial charge on any atom is -0.495 e. The molecule has 0 saturated heterocycles. The van der Waals surface area contributed by atoms with Crippen LogP contribution in [0, 0.1) is 13.8 Å². The standard InChI is InChI=1S/C18H19N3O6S2/c1-8-10(3)28-17-14(8)16(22)20-15(21-17)9(2)27-18(23)11-5-6-12(26-4)13(7-11)29(19,24)25/h5-7,9H,1-4H3,(H2,19,24,25)(H,20,21,22). The van der Waals surface area contributed by atoms with Crippen LogP contribution in [0.15, 0.2) is 27.9 Å². The molecule has 1 aromatic carbocycles. The van der Waals surface area contributed by atoms with Gasteiger partial charge in [-0.25, -0.2) is 23.3 Å². The lowest BCUT2D eigenvalue weighted by Gasteiger charge is -2.14. The number of esters is 1. The number of methoxy groups -OCH3 is 1. The number of primary sulfonamides is 1. The number of carbonyl (C=O) groups is 1. The van der Waals surface area contributed by atoms with Crippen molar-refractivity contribution >= 4 is 37.5 Å². The summed E-state index contributed by atoms with van der Waals surface area (Å²) in [7, 11) is -2.82. The predicted octanol–water partition coefficient (Wildman–Crippen LogP) is 2.18. The van der Waals surface area contributed by atoms with Gasteiger partial charge in [-0.05, 0) is 44.5 Å². The van der Waals surface area contributed by atoms with E-state index in [0.29, 0.717) is 10.2 Å². The summed E-state index contributed by atoms with van der Waals surface area (Å²) in [6.45, 7) is 5.30. The molecule has 9 nitrogen and oxygen atoms in total. The number of carbonyl (C=O) groups excluding carboxylic acids is 1. The highest BCUT2D eigenvalue weighted by Crippen LogP contribution is 2.28. The van der Waals surface area contributed by atoms with Crippen LogP contribution in [0.25, 0.3) is 10.2 Å². The molecular weight excluding hydrogens is 418 g/mol. The number of aromatic nitrogens is 2. The van der Waals surface area contributed by atoms with E-state index in [1.54, 1.807) is 6.92 Å². The van der Waals surface area contributed by atoms with Crippen LogP contribution in [-0.4, -0.2) is 31.5 Å². The Hall–Kier alpha value is -2.76. The molecule has 0 saturated carbocycles. The number of hydrogen-bond donors (Lipinski definition) is 2. The molecule has 0 radical (unpaired) electrons. The Morgan fingerprint density at radius 2 is 2.00 bits per heavy atom. The largest absolute Gasteiger partial charge is 0.495 e. The number of sulfonamides is 1. The zero-order valence-corrected chi connectivity index (χ0v) is 17.7. The number of thiophene rings is 1. The van der Waals surface area contributed by atoms with Gasteiger partial charge in [0.2, 0.25) is 10.0 Å². The van der Waals surface area contributed by atoms with Crippen LogP contribution >= 0.6 is 11.3 Å². The molecule has 154 valence electrons. The number of nitrogens with zero attached hydrogens (tertiary/aromatic N) is 1. The van der Waals surface area contributed by atoms with E-state index in [-0.39, 0.29) is 27.6 Å². The molecule has 29 heavy (non-hydrogen) atoms. The smallest absolute Gasteiger partial charge is 0.338 e. The second kappa shape index (κ2) is 7.58. The molecule has 2 aromatic heterocycles. The Balaban J connectivity index is 1.92. The van der Waals surface area contributed by atoms with Crippen LogP contribution in [0.1, 0.15) is 39.7 Å². The summed E-state index contributed by atoms with van der Waals surface area (Å²) in [6, 6.07) is 3.74. The van der Waals surface area contributed by atoms with E-state index in [1.165, 1.54) is 30.6 Å². The van der Waals surface area contributed by atoms with Crippen LogP contribution < -0.4 is 15.4 Å². The molecule has 1 unspecified atom stereocenters. The number of ether oxygens (including phenoxy) is 2. The second-order valence-corrected chi connectivity index (χ2v) is 9.11. The van der Waals surface area contributed by atoms with E-state index in [4.69, 9.17) is 14.6 Å². The van der Waals surface area contributed by atoms with Gasteiger partial charge in [-0.15, -0.1) is 11.3 Å². The summed E-state index contributed by atoms with van der Waals surface area (Å²) in [5.41, 5.74) is 0.521. The maximum absolute atomic E-state index is 12.5. The molecule has 0 aliphatic carbocycles. The molecule has 0 aliphatic rings. The summed E-state index contributed by atoms with van der Waals surface area (Å²) in [4.78, 5) is 33.1. The minimum atomic E-state index is -4.11. The summed E-state index contributed by atoms with van der Waals surface area (Å²) < 4.78 is 33.8. The first kappa shape index (κ1) is 21.0. The number of fused-ring (bicyclic) bond motifs is 1. The summed E-state index contributed by atoms with van der Waals surface area (Å²) >= 11 is 1.38. The zero-order chi connectivity index (χ0) is 21.5. The first-order valence-electron chi connectivity index (χ1n) is 8.44. The highest BCUT2D eigenvalue weighted by Gasteiger charge is 2.22. The maximum Gasteiger partial charge on any atom is 0.338 e. The molecule has 0 aliphatic heterocycles. The quantitative estimate of drug-likeness (QED) is 0.583. The Bertz CT molecular complexity index is 1280. The van der Waals surface area contributed by atoms with E-state index in [9.17, 15) is 18.0 Å². The number of aromatic amines is 1. The lowest BCUT2D eigenvalue weighted by atomic mass is 10.2. The van der Waals surface area contributed by atoms with Crippen molar-refractivity contribution in [2.24, 2.45) is 5.14 Å². The molecule has 3 rings (SSSR count). The van der Waals surface area contributed by atoms with Crippen LogP contribution in [0.3, 0.4) is 0 Å². The van der Waals surface area contributed by atoms with Gasteiger partial charge < -0.3 is 14.5 Å². The van der Waals surface area contributed by atoms with Gasteiger partial charge in [0.05, 0.1) is 18.1 Å². The van der Waals surface area contributed by atoms with E-state index >= 15 is 0 Å². The monoisotopic (exact) mass is 437 g/mol.